The summed E-state index contributed by atoms with van der Waals surface area (Å²) in [5, 5.41) is 2.09. The highest BCUT2D eigenvalue weighted by atomic mass is 32.2. The Morgan fingerprint density at radius 1 is 0.850 bits per heavy atom. The molecule has 3 rings (SSSR count). The van der Waals surface area contributed by atoms with Gasteiger partial charge in [0.25, 0.3) is 11.0 Å². The van der Waals surface area contributed by atoms with Gasteiger partial charge < -0.3 is 0 Å². The maximum Gasteiger partial charge on any atom is 0.257 e. The molecule has 0 bridgehead atoms. The summed E-state index contributed by atoms with van der Waals surface area (Å²) in [4.78, 5) is 0. The van der Waals surface area contributed by atoms with E-state index in [1.54, 1.807) is 48.5 Å². The van der Waals surface area contributed by atoms with Crippen molar-refractivity contribution in [2.75, 3.05) is 0 Å². The molecule has 1 radical (unpaired) electrons. The summed E-state index contributed by atoms with van der Waals surface area (Å²) in [6.45, 7) is 1.15. The summed E-state index contributed by atoms with van der Waals surface area (Å²) in [5.74, 6) is -0.320. The van der Waals surface area contributed by atoms with Crippen molar-refractivity contribution in [1.29, 1.82) is 0 Å². The Kier molecular flexibility index (Phi) is 3.38. The predicted octanol–water partition coefficient (Wildman–Crippen LogP) is 3.18. The molecule has 0 amide bonds. The minimum atomic E-state index is -2.99. The normalized spacial score (nSPS) is 11.5. The van der Waals surface area contributed by atoms with Crippen LogP contribution in [0.25, 0.3) is 21.5 Å². The molecule has 0 atom stereocenters. The molecule has 20 heavy (non-hydrogen) atoms. The highest BCUT2D eigenvalue weighted by molar-refractivity contribution is 7.67. The van der Waals surface area contributed by atoms with Crippen LogP contribution in [0.15, 0.2) is 48.5 Å². The van der Waals surface area contributed by atoms with E-state index in [2.05, 4.69) is 4.18 Å². The predicted molar refractivity (Wildman–Crippen MR) is 76.2 cm³/mol. The molecule has 0 saturated heterocycles. The fourth-order valence-electron chi connectivity index (χ4n) is 2.33. The number of fused-ring (bicyclic) bond motifs is 2. The minimum Gasteiger partial charge on any atom is -0.261 e. The number of benzene rings is 3. The quantitative estimate of drug-likeness (QED) is 0.595. The zero-order valence-corrected chi connectivity index (χ0v) is 11.1. The molecule has 0 aliphatic carbocycles. The lowest BCUT2D eigenvalue weighted by atomic mass is 9.96. The van der Waals surface area contributed by atoms with Crippen LogP contribution in [0.3, 0.4) is 0 Å². The maximum absolute atomic E-state index is 14.5. The van der Waals surface area contributed by atoms with Crippen molar-refractivity contribution in [1.82, 2.24) is 0 Å². The Labute approximate surface area is 116 Å². The topological polar surface area (TPSA) is 43.4 Å². The summed E-state index contributed by atoms with van der Waals surface area (Å²) in [5.41, 5.74) is 0.553. The highest BCUT2D eigenvalue weighted by Gasteiger charge is 2.13. The Bertz CT molecular complexity index is 807. The number of thiol groups is 1. The Morgan fingerprint density at radius 2 is 1.30 bits per heavy atom. The molecule has 0 N–H and O–H groups in total. The molecule has 0 saturated carbocycles. The Morgan fingerprint density at radius 3 is 1.75 bits per heavy atom. The second-order valence-corrected chi connectivity index (χ2v) is 4.92. The van der Waals surface area contributed by atoms with Crippen LogP contribution in [0.5, 0.6) is 0 Å². The Balaban J connectivity index is 2.39. The van der Waals surface area contributed by atoms with Crippen LogP contribution in [-0.2, 0) is 15.2 Å². The van der Waals surface area contributed by atoms with Crippen molar-refractivity contribution in [3.05, 3.63) is 66.5 Å². The van der Waals surface area contributed by atoms with Crippen LogP contribution < -0.4 is 0 Å². The third-order valence-electron chi connectivity index (χ3n) is 3.16. The lowest BCUT2D eigenvalue weighted by molar-refractivity contribution is 0.431. The van der Waals surface area contributed by atoms with Crippen LogP contribution in [0.2, 0.25) is 0 Å². The molecule has 0 heterocycles. The molecular weight excluding hydrogens is 279 g/mol. The average molecular weight is 289 g/mol. The van der Waals surface area contributed by atoms with Crippen molar-refractivity contribution >= 4 is 32.5 Å². The standard InChI is InChI=1S/C15H10FO3S/c16-15-12-7-3-1-5-10(12)14(9-19-20(17)18)11-6-2-4-8-13(11)15/h1-9,20H. The summed E-state index contributed by atoms with van der Waals surface area (Å²) < 4.78 is 40.3. The van der Waals surface area contributed by atoms with Crippen molar-refractivity contribution in [3.63, 3.8) is 0 Å². The second kappa shape index (κ2) is 5.19. The van der Waals surface area contributed by atoms with Gasteiger partial charge in [0.15, 0.2) is 0 Å². The SMILES string of the molecule is O=[SH](=O)O[CH]c1c2ccccc2c(F)c2ccccc12. The van der Waals surface area contributed by atoms with E-state index < -0.39 is 11.0 Å². The Hall–Kier alpha value is -1.98. The van der Waals surface area contributed by atoms with Crippen LogP contribution in [-0.4, -0.2) is 8.42 Å². The van der Waals surface area contributed by atoms with E-state index in [1.807, 2.05) is 0 Å². The van der Waals surface area contributed by atoms with E-state index in [0.29, 0.717) is 27.1 Å². The van der Waals surface area contributed by atoms with E-state index in [4.69, 9.17) is 0 Å². The molecule has 0 aliphatic heterocycles. The van der Waals surface area contributed by atoms with Crippen LogP contribution >= 0.6 is 0 Å². The van der Waals surface area contributed by atoms with Crippen molar-refractivity contribution in [2.24, 2.45) is 0 Å². The monoisotopic (exact) mass is 289 g/mol. The number of hydrogen-bond donors (Lipinski definition) is 1. The van der Waals surface area contributed by atoms with Gasteiger partial charge in [0.2, 0.25) is 0 Å². The molecule has 0 aromatic heterocycles. The van der Waals surface area contributed by atoms with Gasteiger partial charge in [0.05, 0.1) is 0 Å². The van der Waals surface area contributed by atoms with Gasteiger partial charge in [0.1, 0.15) is 12.4 Å². The van der Waals surface area contributed by atoms with E-state index in [0.717, 1.165) is 6.61 Å². The largest absolute Gasteiger partial charge is 0.261 e. The molecule has 0 aliphatic rings. The fourth-order valence-corrected chi connectivity index (χ4v) is 2.52. The molecule has 3 aromatic carbocycles. The number of rotatable bonds is 3. The molecule has 0 spiro atoms. The highest BCUT2D eigenvalue weighted by Crippen LogP contribution is 2.32. The lowest BCUT2D eigenvalue weighted by Gasteiger charge is -2.11. The molecule has 5 heteroatoms. The van der Waals surface area contributed by atoms with Gasteiger partial charge in [-0.15, -0.1) is 0 Å². The second-order valence-electron chi connectivity index (χ2n) is 4.27. The molecule has 3 nitrogen and oxygen atoms in total. The zero-order valence-electron chi connectivity index (χ0n) is 10.2. The minimum absolute atomic E-state index is 0.320. The molecule has 3 aromatic rings. The van der Waals surface area contributed by atoms with Crippen LogP contribution in [0.1, 0.15) is 5.56 Å². The van der Waals surface area contributed by atoms with Gasteiger partial charge in [0, 0.05) is 16.3 Å². The average Bonchev–Trinajstić information content (AvgIpc) is 2.47. The van der Waals surface area contributed by atoms with E-state index in [9.17, 15) is 12.8 Å². The van der Waals surface area contributed by atoms with Gasteiger partial charge in [-0.05, 0) is 10.8 Å². The van der Waals surface area contributed by atoms with Gasteiger partial charge in [-0.25, -0.2) is 12.8 Å². The first-order chi connectivity index (χ1) is 9.68. The van der Waals surface area contributed by atoms with Gasteiger partial charge >= 0.3 is 0 Å². The summed E-state index contributed by atoms with van der Waals surface area (Å²) in [6, 6.07) is 13.8. The number of hydrogen-bond acceptors (Lipinski definition) is 3. The molecular formula is C15H10FO3S. The summed E-state index contributed by atoms with van der Waals surface area (Å²) in [7, 11) is -2.99. The first-order valence-corrected chi connectivity index (χ1v) is 7.01. The smallest absolute Gasteiger partial charge is 0.257 e. The number of halogens is 1. The summed E-state index contributed by atoms with van der Waals surface area (Å²) in [6.07, 6.45) is 0. The van der Waals surface area contributed by atoms with Gasteiger partial charge in [-0.3, -0.25) is 4.18 Å². The van der Waals surface area contributed by atoms with E-state index in [-0.39, 0.29) is 5.82 Å². The van der Waals surface area contributed by atoms with Gasteiger partial charge in [-0.1, -0.05) is 48.5 Å². The zero-order chi connectivity index (χ0) is 14.1. The van der Waals surface area contributed by atoms with Crippen molar-refractivity contribution < 1.29 is 17.0 Å². The van der Waals surface area contributed by atoms with Crippen LogP contribution in [0.4, 0.5) is 4.39 Å². The molecule has 101 valence electrons. The lowest BCUT2D eigenvalue weighted by Crippen LogP contribution is -1.94. The molecule has 0 fully saturated rings. The fraction of sp³-hybridized carbons (Fsp3) is 0. The van der Waals surface area contributed by atoms with Crippen molar-refractivity contribution in [2.45, 2.75) is 0 Å². The first kappa shape index (κ1) is 13.0. The third kappa shape index (κ3) is 2.15. The van der Waals surface area contributed by atoms with Crippen molar-refractivity contribution in [3.8, 4) is 0 Å². The van der Waals surface area contributed by atoms with E-state index in [1.165, 1.54) is 0 Å². The van der Waals surface area contributed by atoms with E-state index >= 15 is 0 Å². The summed E-state index contributed by atoms with van der Waals surface area (Å²) >= 11 is 0. The maximum atomic E-state index is 14.5. The molecule has 0 unspecified atom stereocenters. The van der Waals surface area contributed by atoms with Gasteiger partial charge in [-0.2, -0.15) is 0 Å². The first-order valence-electron chi connectivity index (χ1n) is 5.92. The third-order valence-corrected chi connectivity index (χ3v) is 3.44. The van der Waals surface area contributed by atoms with Crippen LogP contribution in [0, 0.1) is 12.4 Å².